The molecule has 0 saturated carbocycles. The van der Waals surface area contributed by atoms with E-state index >= 15 is 0 Å². The Morgan fingerprint density at radius 2 is 2.35 bits per heavy atom. The van der Waals surface area contributed by atoms with Gasteiger partial charge in [-0.15, -0.1) is 0 Å². The number of nitrogens with zero attached hydrogens (tertiary/aromatic N) is 1. The van der Waals surface area contributed by atoms with Gasteiger partial charge in [0.1, 0.15) is 6.26 Å². The molecule has 1 aliphatic heterocycles. The standard InChI is InChI=1S/C11H18N2O3S/c1-11(4-2-6-17(14,15)8-11)10-13-9(3-5-12)7-16-10/h7H,2-6,8,12H2,1H3. The molecular formula is C11H18N2O3S. The van der Waals surface area contributed by atoms with E-state index in [9.17, 15) is 8.42 Å². The number of oxazole rings is 1. The number of hydrogen-bond acceptors (Lipinski definition) is 5. The van der Waals surface area contributed by atoms with Crippen LogP contribution in [0.2, 0.25) is 0 Å². The minimum Gasteiger partial charge on any atom is -0.448 e. The Balaban J connectivity index is 2.24. The second-order valence-electron chi connectivity index (χ2n) is 4.94. The van der Waals surface area contributed by atoms with Gasteiger partial charge in [-0.05, 0) is 26.3 Å². The first-order chi connectivity index (χ1) is 7.95. The Bertz CT molecular complexity index is 495. The van der Waals surface area contributed by atoms with Gasteiger partial charge in [0.15, 0.2) is 9.84 Å². The molecular weight excluding hydrogens is 240 g/mol. The molecule has 17 heavy (non-hydrogen) atoms. The van der Waals surface area contributed by atoms with E-state index in [1.807, 2.05) is 6.92 Å². The number of hydrogen-bond donors (Lipinski definition) is 1. The van der Waals surface area contributed by atoms with E-state index in [0.717, 1.165) is 12.1 Å². The molecule has 0 bridgehead atoms. The Hall–Kier alpha value is -0.880. The molecule has 6 heteroatoms. The third-order valence-electron chi connectivity index (χ3n) is 3.19. The summed E-state index contributed by atoms with van der Waals surface area (Å²) >= 11 is 0. The van der Waals surface area contributed by atoms with E-state index < -0.39 is 15.3 Å². The van der Waals surface area contributed by atoms with Crippen molar-refractivity contribution in [2.24, 2.45) is 5.73 Å². The Kier molecular flexibility index (Phi) is 3.27. The van der Waals surface area contributed by atoms with E-state index in [0.29, 0.717) is 25.3 Å². The molecule has 0 spiro atoms. The molecule has 0 radical (unpaired) electrons. The van der Waals surface area contributed by atoms with Gasteiger partial charge in [-0.25, -0.2) is 13.4 Å². The predicted molar refractivity (Wildman–Crippen MR) is 64.5 cm³/mol. The Morgan fingerprint density at radius 1 is 1.59 bits per heavy atom. The molecule has 0 amide bonds. The van der Waals surface area contributed by atoms with Crippen molar-refractivity contribution < 1.29 is 12.8 Å². The van der Waals surface area contributed by atoms with Gasteiger partial charge in [0.05, 0.1) is 22.6 Å². The lowest BCUT2D eigenvalue weighted by Gasteiger charge is -2.29. The summed E-state index contributed by atoms with van der Waals surface area (Å²) in [4.78, 5) is 4.35. The van der Waals surface area contributed by atoms with E-state index in [1.54, 1.807) is 6.26 Å². The maximum absolute atomic E-state index is 11.7. The maximum atomic E-state index is 11.7. The molecule has 1 aliphatic rings. The third-order valence-corrected chi connectivity index (χ3v) is 5.18. The van der Waals surface area contributed by atoms with Crippen molar-refractivity contribution in [3.8, 4) is 0 Å². The summed E-state index contributed by atoms with van der Waals surface area (Å²) in [5.74, 6) is 0.936. The molecule has 0 aromatic carbocycles. The topological polar surface area (TPSA) is 86.2 Å². The molecule has 1 saturated heterocycles. The summed E-state index contributed by atoms with van der Waals surface area (Å²) in [7, 11) is -2.97. The molecule has 1 aromatic heterocycles. The van der Waals surface area contributed by atoms with Crippen molar-refractivity contribution in [3.05, 3.63) is 17.8 Å². The van der Waals surface area contributed by atoms with Gasteiger partial charge in [0.25, 0.3) is 0 Å². The average Bonchev–Trinajstić information content (AvgIpc) is 2.65. The molecule has 2 N–H and O–H groups in total. The lowest BCUT2D eigenvalue weighted by atomic mass is 9.87. The predicted octanol–water partition coefficient (Wildman–Crippen LogP) is 0.642. The molecule has 5 nitrogen and oxygen atoms in total. The molecule has 1 aromatic rings. The summed E-state index contributed by atoms with van der Waals surface area (Å²) in [5, 5.41) is 0. The lowest BCUT2D eigenvalue weighted by Crippen LogP contribution is -2.37. The lowest BCUT2D eigenvalue weighted by molar-refractivity contribution is 0.339. The minimum absolute atomic E-state index is 0.128. The summed E-state index contributed by atoms with van der Waals surface area (Å²) in [5.41, 5.74) is 5.76. The molecule has 96 valence electrons. The molecule has 2 rings (SSSR count). The van der Waals surface area contributed by atoms with Gasteiger partial charge in [-0.1, -0.05) is 0 Å². The second-order valence-corrected chi connectivity index (χ2v) is 7.12. The van der Waals surface area contributed by atoms with Crippen LogP contribution >= 0.6 is 0 Å². The highest BCUT2D eigenvalue weighted by Gasteiger charge is 2.40. The monoisotopic (exact) mass is 258 g/mol. The third kappa shape index (κ3) is 2.69. The molecule has 0 aliphatic carbocycles. The van der Waals surface area contributed by atoms with Crippen LogP contribution in [0.5, 0.6) is 0 Å². The van der Waals surface area contributed by atoms with Crippen molar-refractivity contribution >= 4 is 9.84 Å². The zero-order valence-electron chi connectivity index (χ0n) is 9.98. The van der Waals surface area contributed by atoms with Gasteiger partial charge < -0.3 is 10.2 Å². The fourth-order valence-corrected chi connectivity index (χ4v) is 4.29. The Labute approximate surface area is 101 Å². The Morgan fingerprint density at radius 3 is 3.00 bits per heavy atom. The fraction of sp³-hybridized carbons (Fsp3) is 0.727. The zero-order valence-corrected chi connectivity index (χ0v) is 10.8. The van der Waals surface area contributed by atoms with Crippen LogP contribution in [-0.4, -0.2) is 31.5 Å². The van der Waals surface area contributed by atoms with Crippen LogP contribution in [0, 0.1) is 0 Å². The molecule has 1 atom stereocenters. The van der Waals surface area contributed by atoms with Gasteiger partial charge >= 0.3 is 0 Å². The van der Waals surface area contributed by atoms with Crippen LogP contribution in [-0.2, 0) is 21.7 Å². The van der Waals surface area contributed by atoms with Crippen molar-refractivity contribution in [1.29, 1.82) is 0 Å². The van der Waals surface area contributed by atoms with Crippen LogP contribution in [0.3, 0.4) is 0 Å². The summed E-state index contributed by atoms with van der Waals surface area (Å²) in [6.07, 6.45) is 3.71. The number of nitrogens with two attached hydrogens (primary N) is 1. The van der Waals surface area contributed by atoms with Crippen LogP contribution in [0.15, 0.2) is 10.7 Å². The number of rotatable bonds is 3. The van der Waals surface area contributed by atoms with Gasteiger partial charge in [0, 0.05) is 6.42 Å². The second kappa shape index (κ2) is 4.42. The summed E-state index contributed by atoms with van der Waals surface area (Å²) < 4.78 is 28.8. The average molecular weight is 258 g/mol. The first-order valence-corrected chi connectivity index (χ1v) is 7.63. The molecule has 2 heterocycles. The molecule has 1 fully saturated rings. The van der Waals surface area contributed by atoms with Crippen molar-refractivity contribution in [1.82, 2.24) is 4.98 Å². The van der Waals surface area contributed by atoms with E-state index in [1.165, 1.54) is 0 Å². The van der Waals surface area contributed by atoms with Crippen molar-refractivity contribution in [2.75, 3.05) is 18.1 Å². The minimum atomic E-state index is -2.97. The van der Waals surface area contributed by atoms with Gasteiger partial charge in [-0.2, -0.15) is 0 Å². The number of sulfone groups is 1. The number of aromatic nitrogens is 1. The first-order valence-electron chi connectivity index (χ1n) is 5.81. The van der Waals surface area contributed by atoms with Crippen LogP contribution < -0.4 is 5.73 Å². The van der Waals surface area contributed by atoms with Crippen molar-refractivity contribution in [2.45, 2.75) is 31.6 Å². The zero-order chi connectivity index (χ0) is 12.5. The fourth-order valence-electron chi connectivity index (χ4n) is 2.33. The van der Waals surface area contributed by atoms with E-state index in [4.69, 9.17) is 10.2 Å². The quantitative estimate of drug-likeness (QED) is 0.860. The highest BCUT2D eigenvalue weighted by molar-refractivity contribution is 7.91. The first kappa shape index (κ1) is 12.6. The summed E-state index contributed by atoms with van der Waals surface area (Å²) in [6.45, 7) is 2.42. The smallest absolute Gasteiger partial charge is 0.201 e. The SMILES string of the molecule is CC1(c2nc(CCN)co2)CCCS(=O)(=O)C1. The van der Waals surface area contributed by atoms with Crippen molar-refractivity contribution in [3.63, 3.8) is 0 Å². The normalized spacial score (nSPS) is 28.1. The highest BCUT2D eigenvalue weighted by Crippen LogP contribution is 2.34. The van der Waals surface area contributed by atoms with Crippen LogP contribution in [0.4, 0.5) is 0 Å². The largest absolute Gasteiger partial charge is 0.448 e. The van der Waals surface area contributed by atoms with Gasteiger partial charge in [-0.3, -0.25) is 0 Å². The maximum Gasteiger partial charge on any atom is 0.201 e. The van der Waals surface area contributed by atoms with E-state index in [2.05, 4.69) is 4.98 Å². The molecule has 1 unspecified atom stereocenters. The van der Waals surface area contributed by atoms with Crippen LogP contribution in [0.25, 0.3) is 0 Å². The highest BCUT2D eigenvalue weighted by atomic mass is 32.2. The van der Waals surface area contributed by atoms with Crippen LogP contribution in [0.1, 0.15) is 31.4 Å². The summed E-state index contributed by atoms with van der Waals surface area (Å²) in [6, 6.07) is 0. The van der Waals surface area contributed by atoms with Gasteiger partial charge in [0.2, 0.25) is 5.89 Å². The van der Waals surface area contributed by atoms with E-state index in [-0.39, 0.29) is 11.5 Å².